The molecule has 0 aliphatic heterocycles. The molecule has 20 heavy (non-hydrogen) atoms. The largest absolute Gasteiger partial charge is 0.481 e. The second-order valence-corrected chi connectivity index (χ2v) is 5.69. The molecular weight excluding hydrogens is 254 g/mol. The number of carbonyl (C=O) groups excluding carboxylic acids is 1. The zero-order valence-corrected chi connectivity index (χ0v) is 12.8. The van der Waals surface area contributed by atoms with Gasteiger partial charge in [-0.15, -0.1) is 0 Å². The van der Waals surface area contributed by atoms with Crippen molar-refractivity contribution in [3.63, 3.8) is 0 Å². The lowest BCUT2D eigenvalue weighted by atomic mass is 9.98. The van der Waals surface area contributed by atoms with Crippen LogP contribution in [0.4, 0.5) is 0 Å². The molecule has 0 aliphatic rings. The van der Waals surface area contributed by atoms with Gasteiger partial charge < -0.3 is 15.2 Å². The van der Waals surface area contributed by atoms with Crippen molar-refractivity contribution in [3.05, 3.63) is 29.8 Å². The summed E-state index contributed by atoms with van der Waals surface area (Å²) in [5.41, 5.74) is 0.539. The zero-order chi connectivity index (χ0) is 15.2. The van der Waals surface area contributed by atoms with Crippen molar-refractivity contribution in [2.24, 2.45) is 0 Å². The molecule has 0 spiro atoms. The van der Waals surface area contributed by atoms with Crippen LogP contribution < -0.4 is 10.1 Å². The van der Waals surface area contributed by atoms with Gasteiger partial charge in [0.2, 0.25) is 0 Å². The van der Waals surface area contributed by atoms with Crippen LogP contribution >= 0.6 is 0 Å². The first-order valence-corrected chi connectivity index (χ1v) is 7.06. The molecule has 1 aromatic carbocycles. The van der Waals surface area contributed by atoms with Gasteiger partial charge in [-0.3, -0.25) is 4.79 Å². The molecule has 1 atom stereocenters. The molecule has 0 aliphatic carbocycles. The molecule has 2 N–H and O–H groups in total. The van der Waals surface area contributed by atoms with Crippen LogP contribution in [0, 0.1) is 0 Å². The van der Waals surface area contributed by atoms with E-state index in [1.54, 1.807) is 25.1 Å². The summed E-state index contributed by atoms with van der Waals surface area (Å²) in [7, 11) is 0. The summed E-state index contributed by atoms with van der Waals surface area (Å²) >= 11 is 0. The molecule has 0 bridgehead atoms. The summed E-state index contributed by atoms with van der Waals surface area (Å²) in [6, 6.07) is 7.12. The molecule has 4 nitrogen and oxygen atoms in total. The van der Waals surface area contributed by atoms with Crippen LogP contribution in [0.3, 0.4) is 0 Å². The molecule has 1 rings (SSSR count). The Hall–Kier alpha value is -1.55. The van der Waals surface area contributed by atoms with Gasteiger partial charge >= 0.3 is 0 Å². The standard InChI is InChI=1S/C16H25NO3/c1-5-9-16(3,4)17-15(19)12(2)20-14-8-6-7-13(10-14)11-18/h6-8,10,12,18H,5,9,11H2,1-4H3,(H,17,19). The van der Waals surface area contributed by atoms with E-state index in [0.717, 1.165) is 18.4 Å². The van der Waals surface area contributed by atoms with Gasteiger partial charge in [-0.1, -0.05) is 25.5 Å². The summed E-state index contributed by atoms with van der Waals surface area (Å²) in [5, 5.41) is 12.1. The van der Waals surface area contributed by atoms with Crippen molar-refractivity contribution >= 4 is 5.91 Å². The van der Waals surface area contributed by atoms with Crippen LogP contribution in [0.1, 0.15) is 46.1 Å². The molecule has 0 heterocycles. The molecule has 0 saturated carbocycles. The third kappa shape index (κ3) is 5.21. The van der Waals surface area contributed by atoms with Crippen molar-refractivity contribution in [1.82, 2.24) is 5.32 Å². The lowest BCUT2D eigenvalue weighted by molar-refractivity contribution is -0.129. The van der Waals surface area contributed by atoms with Gasteiger partial charge in [0.05, 0.1) is 6.61 Å². The average Bonchev–Trinajstić information content (AvgIpc) is 2.38. The highest BCUT2D eigenvalue weighted by molar-refractivity contribution is 5.81. The van der Waals surface area contributed by atoms with Crippen molar-refractivity contribution in [2.45, 2.75) is 58.8 Å². The first kappa shape index (κ1) is 16.5. The van der Waals surface area contributed by atoms with Gasteiger partial charge in [0, 0.05) is 5.54 Å². The number of rotatable bonds is 7. The number of aliphatic hydroxyl groups is 1. The first-order valence-electron chi connectivity index (χ1n) is 7.06. The number of amides is 1. The topological polar surface area (TPSA) is 58.6 Å². The Morgan fingerprint density at radius 3 is 2.75 bits per heavy atom. The van der Waals surface area contributed by atoms with E-state index in [1.165, 1.54) is 0 Å². The minimum absolute atomic E-state index is 0.0404. The third-order valence-corrected chi connectivity index (χ3v) is 3.10. The minimum atomic E-state index is -0.569. The average molecular weight is 279 g/mol. The Morgan fingerprint density at radius 2 is 2.15 bits per heavy atom. The van der Waals surface area contributed by atoms with Gasteiger partial charge in [-0.2, -0.15) is 0 Å². The van der Waals surface area contributed by atoms with Crippen molar-refractivity contribution in [1.29, 1.82) is 0 Å². The summed E-state index contributed by atoms with van der Waals surface area (Å²) < 4.78 is 5.62. The third-order valence-electron chi connectivity index (χ3n) is 3.10. The molecule has 1 amide bonds. The predicted molar refractivity (Wildman–Crippen MR) is 79.6 cm³/mol. The smallest absolute Gasteiger partial charge is 0.261 e. The van der Waals surface area contributed by atoms with Crippen LogP contribution in [-0.2, 0) is 11.4 Å². The van der Waals surface area contributed by atoms with Crippen molar-refractivity contribution in [3.8, 4) is 5.75 Å². The SMILES string of the molecule is CCCC(C)(C)NC(=O)C(C)Oc1cccc(CO)c1. The van der Waals surface area contributed by atoms with E-state index in [9.17, 15) is 4.79 Å². The van der Waals surface area contributed by atoms with Gasteiger partial charge in [0.15, 0.2) is 6.10 Å². The van der Waals surface area contributed by atoms with E-state index in [2.05, 4.69) is 12.2 Å². The fourth-order valence-corrected chi connectivity index (χ4v) is 2.10. The zero-order valence-electron chi connectivity index (χ0n) is 12.8. The van der Waals surface area contributed by atoms with E-state index < -0.39 is 6.10 Å². The number of benzene rings is 1. The Balaban J connectivity index is 2.61. The molecule has 0 saturated heterocycles. The van der Waals surface area contributed by atoms with Crippen LogP contribution in [0.2, 0.25) is 0 Å². The number of carbonyl (C=O) groups is 1. The van der Waals surface area contributed by atoms with Crippen LogP contribution in [0.5, 0.6) is 5.75 Å². The van der Waals surface area contributed by atoms with E-state index in [-0.39, 0.29) is 18.1 Å². The van der Waals surface area contributed by atoms with Gasteiger partial charge in [-0.25, -0.2) is 0 Å². The summed E-state index contributed by atoms with van der Waals surface area (Å²) in [6.45, 7) is 7.79. The Kier molecular flexibility index (Phi) is 6.02. The van der Waals surface area contributed by atoms with Gasteiger partial charge in [0.1, 0.15) is 5.75 Å². The normalized spacial score (nSPS) is 12.8. The van der Waals surface area contributed by atoms with Gasteiger partial charge in [0.25, 0.3) is 5.91 Å². The Morgan fingerprint density at radius 1 is 1.45 bits per heavy atom. The number of hydrogen-bond donors (Lipinski definition) is 2. The highest BCUT2D eigenvalue weighted by Gasteiger charge is 2.23. The van der Waals surface area contributed by atoms with Crippen molar-refractivity contribution in [2.75, 3.05) is 0 Å². The monoisotopic (exact) mass is 279 g/mol. The minimum Gasteiger partial charge on any atom is -0.481 e. The molecule has 4 heteroatoms. The first-order chi connectivity index (χ1) is 9.38. The molecule has 0 aromatic heterocycles. The number of ether oxygens (including phenoxy) is 1. The molecule has 112 valence electrons. The fraction of sp³-hybridized carbons (Fsp3) is 0.562. The van der Waals surface area contributed by atoms with E-state index >= 15 is 0 Å². The lowest BCUT2D eigenvalue weighted by Gasteiger charge is -2.27. The molecule has 1 aromatic rings. The van der Waals surface area contributed by atoms with Crippen LogP contribution in [0.15, 0.2) is 24.3 Å². The van der Waals surface area contributed by atoms with Crippen LogP contribution in [0.25, 0.3) is 0 Å². The molecule has 1 unspecified atom stereocenters. The molecule has 0 fully saturated rings. The van der Waals surface area contributed by atoms with E-state index in [1.807, 2.05) is 19.9 Å². The summed E-state index contributed by atoms with van der Waals surface area (Å²) in [6.07, 6.45) is 1.37. The van der Waals surface area contributed by atoms with E-state index in [0.29, 0.717) is 5.75 Å². The maximum absolute atomic E-state index is 12.1. The fourth-order valence-electron chi connectivity index (χ4n) is 2.10. The van der Waals surface area contributed by atoms with E-state index in [4.69, 9.17) is 9.84 Å². The number of nitrogens with one attached hydrogen (secondary N) is 1. The Labute approximate surface area is 121 Å². The predicted octanol–water partition coefficient (Wildman–Crippen LogP) is 2.64. The summed E-state index contributed by atoms with van der Waals surface area (Å²) in [4.78, 5) is 12.1. The van der Waals surface area contributed by atoms with Crippen LogP contribution in [-0.4, -0.2) is 22.7 Å². The Bertz CT molecular complexity index is 443. The second kappa shape index (κ2) is 7.29. The highest BCUT2D eigenvalue weighted by atomic mass is 16.5. The maximum atomic E-state index is 12.1. The number of hydrogen-bond acceptors (Lipinski definition) is 3. The molecular formula is C16H25NO3. The maximum Gasteiger partial charge on any atom is 0.261 e. The number of aliphatic hydroxyl groups excluding tert-OH is 1. The lowest BCUT2D eigenvalue weighted by Crippen LogP contribution is -2.48. The highest BCUT2D eigenvalue weighted by Crippen LogP contribution is 2.16. The van der Waals surface area contributed by atoms with Gasteiger partial charge in [-0.05, 0) is 44.9 Å². The summed E-state index contributed by atoms with van der Waals surface area (Å²) in [5.74, 6) is 0.463. The van der Waals surface area contributed by atoms with Crippen molar-refractivity contribution < 1.29 is 14.6 Å². The molecule has 0 radical (unpaired) electrons. The quantitative estimate of drug-likeness (QED) is 0.806. The second-order valence-electron chi connectivity index (χ2n) is 5.69.